The van der Waals surface area contributed by atoms with E-state index in [9.17, 15) is 9.90 Å². The van der Waals surface area contributed by atoms with Crippen molar-refractivity contribution in [1.29, 1.82) is 0 Å². The summed E-state index contributed by atoms with van der Waals surface area (Å²) in [6.45, 7) is 1.44. The van der Waals surface area contributed by atoms with Gasteiger partial charge in [-0.25, -0.2) is 4.79 Å². The summed E-state index contributed by atoms with van der Waals surface area (Å²) in [5.41, 5.74) is 1.07. The Bertz CT molecular complexity index is 889. The number of hydrogen-bond acceptors (Lipinski definition) is 8. The number of aliphatic hydroxyl groups is 1. The van der Waals surface area contributed by atoms with E-state index in [4.69, 9.17) is 32.7 Å². The third-order valence-corrected chi connectivity index (χ3v) is 5.16. The summed E-state index contributed by atoms with van der Waals surface area (Å²) in [4.78, 5) is 22.9. The van der Waals surface area contributed by atoms with Crippen molar-refractivity contribution in [3.8, 4) is 5.75 Å². The SMILES string of the molecule is COC(=O)c1c(NCc2ccc(OC)c(Cl)c2)nc(Cl)nc1N1CCC(O)CC1. The zero-order valence-corrected chi connectivity index (χ0v) is 17.6. The molecule has 2 aromatic rings. The van der Waals surface area contributed by atoms with Gasteiger partial charge in [0.05, 0.1) is 25.3 Å². The highest BCUT2D eigenvalue weighted by Gasteiger charge is 2.28. The maximum absolute atomic E-state index is 12.5. The Hall–Kier alpha value is -2.29. The van der Waals surface area contributed by atoms with Crippen molar-refractivity contribution in [2.45, 2.75) is 25.5 Å². The second-order valence-electron chi connectivity index (χ2n) is 6.57. The second kappa shape index (κ2) is 9.47. The number of benzene rings is 1. The molecule has 156 valence electrons. The molecule has 0 atom stereocenters. The predicted molar refractivity (Wildman–Crippen MR) is 111 cm³/mol. The highest BCUT2D eigenvalue weighted by Crippen LogP contribution is 2.30. The number of hydrogen-bond donors (Lipinski definition) is 2. The molecule has 0 aliphatic carbocycles. The number of esters is 1. The number of carbonyl (C=O) groups is 1. The first-order chi connectivity index (χ1) is 13.9. The van der Waals surface area contributed by atoms with Gasteiger partial charge in [-0.1, -0.05) is 17.7 Å². The predicted octanol–water partition coefficient (Wildman–Crippen LogP) is 3.15. The number of carbonyl (C=O) groups excluding carboxylic acids is 1. The zero-order chi connectivity index (χ0) is 21.0. The third-order valence-electron chi connectivity index (χ3n) is 4.69. The van der Waals surface area contributed by atoms with Crippen LogP contribution in [0.15, 0.2) is 18.2 Å². The van der Waals surface area contributed by atoms with E-state index in [0.29, 0.717) is 49.1 Å². The number of piperidine rings is 1. The van der Waals surface area contributed by atoms with Crippen LogP contribution in [0.2, 0.25) is 10.3 Å². The van der Waals surface area contributed by atoms with E-state index >= 15 is 0 Å². The Kier molecular flexibility index (Phi) is 7.00. The van der Waals surface area contributed by atoms with Crippen LogP contribution in [0.1, 0.15) is 28.8 Å². The fourth-order valence-electron chi connectivity index (χ4n) is 3.15. The molecule has 0 bridgehead atoms. The Morgan fingerprint density at radius 3 is 2.62 bits per heavy atom. The van der Waals surface area contributed by atoms with Crippen LogP contribution in [0.25, 0.3) is 0 Å². The standard InChI is InChI=1S/C19H22Cl2N4O4/c1-28-14-4-3-11(9-13(14)20)10-22-16-15(18(27)29-2)17(24-19(21)23-16)25-7-5-12(26)6-8-25/h3-4,9,12,26H,5-8,10H2,1-2H3,(H,22,23,24). The molecule has 0 unspecified atom stereocenters. The summed E-state index contributed by atoms with van der Waals surface area (Å²) in [6.07, 6.45) is 0.799. The van der Waals surface area contributed by atoms with Gasteiger partial charge in [-0.2, -0.15) is 9.97 Å². The molecule has 29 heavy (non-hydrogen) atoms. The molecule has 1 saturated heterocycles. The molecule has 0 amide bonds. The lowest BCUT2D eigenvalue weighted by Crippen LogP contribution is -2.37. The zero-order valence-electron chi connectivity index (χ0n) is 16.1. The summed E-state index contributed by atoms with van der Waals surface area (Å²) >= 11 is 12.3. The van der Waals surface area contributed by atoms with Gasteiger partial charge >= 0.3 is 5.97 Å². The normalized spacial score (nSPS) is 14.6. The number of aromatic nitrogens is 2. The number of ether oxygens (including phenoxy) is 2. The maximum Gasteiger partial charge on any atom is 0.345 e. The first kappa shape index (κ1) is 21.4. The van der Waals surface area contributed by atoms with E-state index in [1.54, 1.807) is 19.2 Å². The van der Waals surface area contributed by atoms with Gasteiger partial charge in [0.25, 0.3) is 0 Å². The average Bonchev–Trinajstić information content (AvgIpc) is 2.72. The Labute approximate surface area is 178 Å². The molecule has 0 saturated carbocycles. The minimum atomic E-state index is -0.571. The monoisotopic (exact) mass is 440 g/mol. The number of rotatable bonds is 6. The molecular formula is C19H22Cl2N4O4. The minimum absolute atomic E-state index is 0.00837. The van der Waals surface area contributed by atoms with Gasteiger partial charge in [0.2, 0.25) is 5.28 Å². The van der Waals surface area contributed by atoms with Gasteiger partial charge in [0.1, 0.15) is 17.1 Å². The van der Waals surface area contributed by atoms with Crippen LogP contribution in [-0.2, 0) is 11.3 Å². The molecule has 8 nitrogen and oxygen atoms in total. The van der Waals surface area contributed by atoms with Crippen LogP contribution in [0.5, 0.6) is 5.75 Å². The molecule has 1 aromatic heterocycles. The number of nitrogens with zero attached hydrogens (tertiary/aromatic N) is 3. The number of anilines is 2. The highest BCUT2D eigenvalue weighted by molar-refractivity contribution is 6.32. The van der Waals surface area contributed by atoms with Crippen LogP contribution >= 0.6 is 23.2 Å². The van der Waals surface area contributed by atoms with E-state index in [1.165, 1.54) is 7.11 Å². The van der Waals surface area contributed by atoms with Crippen LogP contribution in [0.3, 0.4) is 0 Å². The fourth-order valence-corrected chi connectivity index (χ4v) is 3.60. The van der Waals surface area contributed by atoms with E-state index < -0.39 is 5.97 Å². The van der Waals surface area contributed by atoms with Gasteiger partial charge < -0.3 is 24.8 Å². The van der Waals surface area contributed by atoms with Crippen molar-refractivity contribution in [3.63, 3.8) is 0 Å². The molecule has 10 heteroatoms. The molecule has 3 rings (SSSR count). The number of halogens is 2. The smallest absolute Gasteiger partial charge is 0.345 e. The molecule has 1 aliphatic heterocycles. The molecule has 2 N–H and O–H groups in total. The summed E-state index contributed by atoms with van der Waals surface area (Å²) in [5.74, 6) is 0.660. The first-order valence-electron chi connectivity index (χ1n) is 9.08. The van der Waals surface area contributed by atoms with E-state index in [0.717, 1.165) is 5.56 Å². The van der Waals surface area contributed by atoms with Gasteiger partial charge in [-0.3, -0.25) is 0 Å². The van der Waals surface area contributed by atoms with Crippen LogP contribution in [0, 0.1) is 0 Å². The highest BCUT2D eigenvalue weighted by atomic mass is 35.5. The van der Waals surface area contributed by atoms with Crippen LogP contribution < -0.4 is 15.0 Å². The third kappa shape index (κ3) is 5.01. The van der Waals surface area contributed by atoms with Gasteiger partial charge in [-0.15, -0.1) is 0 Å². The van der Waals surface area contributed by atoms with E-state index in [1.807, 2.05) is 11.0 Å². The quantitative estimate of drug-likeness (QED) is 0.522. The van der Waals surface area contributed by atoms with Gasteiger partial charge in [-0.05, 0) is 42.1 Å². The summed E-state index contributed by atoms with van der Waals surface area (Å²) in [7, 11) is 2.85. The van der Waals surface area contributed by atoms with Crippen molar-refractivity contribution >= 4 is 40.8 Å². The summed E-state index contributed by atoms with van der Waals surface area (Å²) in [6, 6.07) is 5.38. The number of methoxy groups -OCH3 is 2. The minimum Gasteiger partial charge on any atom is -0.495 e. The topological polar surface area (TPSA) is 96.8 Å². The largest absolute Gasteiger partial charge is 0.495 e. The second-order valence-corrected chi connectivity index (χ2v) is 7.32. The maximum atomic E-state index is 12.5. The lowest BCUT2D eigenvalue weighted by atomic mass is 10.1. The Morgan fingerprint density at radius 2 is 2.00 bits per heavy atom. The Balaban J connectivity index is 1.90. The van der Waals surface area contributed by atoms with Crippen molar-refractivity contribution in [3.05, 3.63) is 39.6 Å². The van der Waals surface area contributed by atoms with Crippen molar-refractivity contribution < 1.29 is 19.4 Å². The van der Waals surface area contributed by atoms with Gasteiger partial charge in [0, 0.05) is 19.6 Å². The van der Waals surface area contributed by atoms with Crippen molar-refractivity contribution in [1.82, 2.24) is 9.97 Å². The molecule has 0 radical (unpaired) electrons. The average molecular weight is 441 g/mol. The van der Waals surface area contributed by atoms with E-state index in [-0.39, 0.29) is 22.8 Å². The lowest BCUT2D eigenvalue weighted by Gasteiger charge is -2.31. The molecular weight excluding hydrogens is 419 g/mol. The van der Waals surface area contributed by atoms with Crippen LogP contribution in [0.4, 0.5) is 11.6 Å². The molecule has 2 heterocycles. The number of aliphatic hydroxyl groups excluding tert-OH is 1. The van der Waals surface area contributed by atoms with Crippen molar-refractivity contribution in [2.24, 2.45) is 0 Å². The molecule has 0 spiro atoms. The van der Waals surface area contributed by atoms with Gasteiger partial charge in [0.15, 0.2) is 5.82 Å². The molecule has 1 aliphatic rings. The van der Waals surface area contributed by atoms with E-state index in [2.05, 4.69) is 15.3 Å². The van der Waals surface area contributed by atoms with Crippen molar-refractivity contribution in [2.75, 3.05) is 37.5 Å². The summed E-state index contributed by atoms with van der Waals surface area (Å²) in [5, 5.41) is 13.4. The lowest BCUT2D eigenvalue weighted by molar-refractivity contribution is 0.0601. The molecule has 1 fully saturated rings. The molecule has 1 aromatic carbocycles. The number of nitrogens with one attached hydrogen (secondary N) is 1. The Morgan fingerprint density at radius 1 is 1.28 bits per heavy atom. The summed E-state index contributed by atoms with van der Waals surface area (Å²) < 4.78 is 10.1. The fraction of sp³-hybridized carbons (Fsp3) is 0.421. The first-order valence-corrected chi connectivity index (χ1v) is 9.83. The van der Waals surface area contributed by atoms with Crippen LogP contribution in [-0.4, -0.2) is 54.5 Å².